The number of amides is 1. The Morgan fingerprint density at radius 1 is 1.22 bits per heavy atom. The Bertz CT molecular complexity index is 972. The fourth-order valence-corrected chi connectivity index (χ4v) is 3.13. The third-order valence-corrected chi connectivity index (χ3v) is 4.74. The van der Waals surface area contributed by atoms with E-state index in [0.29, 0.717) is 12.1 Å². The molecule has 0 saturated heterocycles. The summed E-state index contributed by atoms with van der Waals surface area (Å²) in [6, 6.07) is 9.45. The van der Waals surface area contributed by atoms with Crippen molar-refractivity contribution in [2.24, 2.45) is 7.05 Å². The minimum Gasteiger partial charge on any atom is -0.389 e. The van der Waals surface area contributed by atoms with Crippen LogP contribution in [-0.2, 0) is 13.6 Å². The maximum atomic E-state index is 12.9. The van der Waals surface area contributed by atoms with Crippen LogP contribution in [0, 0.1) is 6.92 Å². The van der Waals surface area contributed by atoms with Gasteiger partial charge in [-0.05, 0) is 37.0 Å². The quantitative estimate of drug-likeness (QED) is 0.725. The van der Waals surface area contributed by atoms with Gasteiger partial charge in [0.2, 0.25) is 0 Å². The summed E-state index contributed by atoms with van der Waals surface area (Å²) in [7, 11) is 1.85. The molecule has 0 fully saturated rings. The molecule has 0 aliphatic rings. The second-order valence-corrected chi connectivity index (χ2v) is 7.26. The van der Waals surface area contributed by atoms with Gasteiger partial charge in [-0.2, -0.15) is 5.10 Å². The van der Waals surface area contributed by atoms with Crippen LogP contribution < -0.4 is 5.32 Å². The highest BCUT2D eigenvalue weighted by Crippen LogP contribution is 2.25. The molecule has 0 aliphatic heterocycles. The number of nitrogens with one attached hydrogen (secondary N) is 1. The maximum absolute atomic E-state index is 12.9. The lowest BCUT2D eigenvalue weighted by atomic mass is 10.0. The van der Waals surface area contributed by atoms with Crippen LogP contribution in [-0.4, -0.2) is 25.8 Å². The summed E-state index contributed by atoms with van der Waals surface area (Å²) in [6.45, 7) is 8.16. The maximum Gasteiger partial charge on any atom is 0.252 e. The summed E-state index contributed by atoms with van der Waals surface area (Å²) in [4.78, 5) is 17.6. The molecule has 0 spiro atoms. The standard InChI is InChI=1S/C21H26N4O2/c1-12(2)18-10-17(19-13(3)24-25(5)20(19)23-18)21(27)22-11-15-6-8-16(9-7-15)14(4)26/h6-10,12,14,26H,11H2,1-5H3,(H,22,27). The smallest absolute Gasteiger partial charge is 0.252 e. The zero-order valence-electron chi connectivity index (χ0n) is 16.4. The Morgan fingerprint density at radius 3 is 2.48 bits per heavy atom. The number of aromatic nitrogens is 3. The molecule has 27 heavy (non-hydrogen) atoms. The number of rotatable bonds is 5. The molecule has 6 heteroatoms. The van der Waals surface area contributed by atoms with Crippen molar-refractivity contribution in [3.05, 3.63) is 58.4 Å². The molecule has 0 aliphatic carbocycles. The molecule has 6 nitrogen and oxygen atoms in total. The van der Waals surface area contributed by atoms with Crippen molar-refractivity contribution in [3.63, 3.8) is 0 Å². The van der Waals surface area contributed by atoms with Gasteiger partial charge in [-0.15, -0.1) is 0 Å². The van der Waals surface area contributed by atoms with Gasteiger partial charge < -0.3 is 10.4 Å². The second-order valence-electron chi connectivity index (χ2n) is 7.26. The minimum atomic E-state index is -0.498. The van der Waals surface area contributed by atoms with E-state index in [-0.39, 0.29) is 11.8 Å². The molecule has 142 valence electrons. The molecule has 0 bridgehead atoms. The van der Waals surface area contributed by atoms with Gasteiger partial charge in [0.25, 0.3) is 5.91 Å². The Labute approximate surface area is 159 Å². The summed E-state index contributed by atoms with van der Waals surface area (Å²) in [6.07, 6.45) is -0.498. The van der Waals surface area contributed by atoms with E-state index in [2.05, 4.69) is 29.2 Å². The number of nitrogens with zero attached hydrogens (tertiary/aromatic N) is 3. The topological polar surface area (TPSA) is 80.0 Å². The predicted octanol–water partition coefficient (Wildman–Crippen LogP) is 3.38. The number of benzene rings is 1. The van der Waals surface area contributed by atoms with E-state index in [4.69, 9.17) is 0 Å². The molecule has 1 aromatic carbocycles. The van der Waals surface area contributed by atoms with E-state index in [0.717, 1.165) is 33.5 Å². The molecule has 3 rings (SSSR count). The summed E-state index contributed by atoms with van der Waals surface area (Å²) in [5.41, 5.74) is 4.83. The van der Waals surface area contributed by atoms with Crippen molar-refractivity contribution >= 4 is 16.9 Å². The van der Waals surface area contributed by atoms with Crippen LogP contribution in [0.3, 0.4) is 0 Å². The first kappa shape index (κ1) is 19.0. The largest absolute Gasteiger partial charge is 0.389 e. The fourth-order valence-electron chi connectivity index (χ4n) is 3.13. The fraction of sp³-hybridized carbons (Fsp3) is 0.381. The minimum absolute atomic E-state index is 0.139. The van der Waals surface area contributed by atoms with Crippen molar-refractivity contribution < 1.29 is 9.90 Å². The van der Waals surface area contributed by atoms with Crippen LogP contribution in [0.5, 0.6) is 0 Å². The van der Waals surface area contributed by atoms with E-state index >= 15 is 0 Å². The molecule has 1 atom stereocenters. The molecule has 1 amide bonds. The number of carbonyl (C=O) groups excluding carboxylic acids is 1. The van der Waals surface area contributed by atoms with Crippen molar-refractivity contribution in [1.82, 2.24) is 20.1 Å². The van der Waals surface area contributed by atoms with Gasteiger partial charge in [-0.25, -0.2) is 4.98 Å². The Hall–Kier alpha value is -2.73. The lowest BCUT2D eigenvalue weighted by Crippen LogP contribution is -2.23. The van der Waals surface area contributed by atoms with Crippen molar-refractivity contribution in [3.8, 4) is 0 Å². The molecule has 0 radical (unpaired) electrons. The van der Waals surface area contributed by atoms with E-state index in [9.17, 15) is 9.90 Å². The number of carbonyl (C=O) groups is 1. The lowest BCUT2D eigenvalue weighted by Gasteiger charge is -2.11. The van der Waals surface area contributed by atoms with Gasteiger partial charge in [0, 0.05) is 19.3 Å². The number of aryl methyl sites for hydroxylation is 2. The van der Waals surface area contributed by atoms with Crippen molar-refractivity contribution in [1.29, 1.82) is 0 Å². The molecule has 2 aromatic heterocycles. The van der Waals surface area contributed by atoms with Crippen LogP contribution in [0.1, 0.15) is 65.7 Å². The first-order chi connectivity index (χ1) is 12.8. The molecule has 2 N–H and O–H groups in total. The van der Waals surface area contributed by atoms with Crippen molar-refractivity contribution in [2.75, 3.05) is 0 Å². The summed E-state index contributed by atoms with van der Waals surface area (Å²) >= 11 is 0. The average Bonchev–Trinajstić information content (AvgIpc) is 2.93. The first-order valence-corrected chi connectivity index (χ1v) is 9.17. The SMILES string of the molecule is Cc1nn(C)c2nc(C(C)C)cc(C(=O)NCc3ccc(C(C)O)cc3)c12. The molecule has 3 aromatic rings. The zero-order chi connectivity index (χ0) is 19.7. The number of aliphatic hydroxyl groups excluding tert-OH is 1. The van der Waals surface area contributed by atoms with Crippen molar-refractivity contribution in [2.45, 2.75) is 46.3 Å². The monoisotopic (exact) mass is 366 g/mol. The number of fused-ring (bicyclic) bond motifs is 1. The lowest BCUT2D eigenvalue weighted by molar-refractivity contribution is 0.0952. The van der Waals surface area contributed by atoms with Gasteiger partial charge in [0.05, 0.1) is 22.7 Å². The third kappa shape index (κ3) is 3.85. The first-order valence-electron chi connectivity index (χ1n) is 9.17. The number of aliphatic hydroxyl groups is 1. The normalized spacial score (nSPS) is 12.6. The highest BCUT2D eigenvalue weighted by molar-refractivity contribution is 6.06. The zero-order valence-corrected chi connectivity index (χ0v) is 16.4. The molecule has 0 saturated carbocycles. The average molecular weight is 366 g/mol. The van der Waals surface area contributed by atoms with E-state index in [1.54, 1.807) is 11.6 Å². The van der Waals surface area contributed by atoms with E-state index in [1.165, 1.54) is 0 Å². The second kappa shape index (κ2) is 7.48. The van der Waals surface area contributed by atoms with Crippen LogP contribution in [0.25, 0.3) is 11.0 Å². The highest BCUT2D eigenvalue weighted by atomic mass is 16.3. The molecular formula is C21H26N4O2. The van der Waals surface area contributed by atoms with Crippen LogP contribution in [0.4, 0.5) is 0 Å². The molecular weight excluding hydrogens is 340 g/mol. The van der Waals surface area contributed by atoms with Gasteiger partial charge in [-0.3, -0.25) is 9.48 Å². The number of pyridine rings is 1. The predicted molar refractivity (Wildman–Crippen MR) is 106 cm³/mol. The van der Waals surface area contributed by atoms with Gasteiger partial charge >= 0.3 is 0 Å². The molecule has 1 unspecified atom stereocenters. The van der Waals surface area contributed by atoms with Gasteiger partial charge in [-0.1, -0.05) is 38.1 Å². The van der Waals surface area contributed by atoms with E-state index < -0.39 is 6.10 Å². The number of hydrogen-bond donors (Lipinski definition) is 2. The van der Waals surface area contributed by atoms with Crippen LogP contribution in [0.15, 0.2) is 30.3 Å². The van der Waals surface area contributed by atoms with Crippen LogP contribution >= 0.6 is 0 Å². The number of hydrogen-bond acceptors (Lipinski definition) is 4. The van der Waals surface area contributed by atoms with Gasteiger partial charge in [0.15, 0.2) is 5.65 Å². The van der Waals surface area contributed by atoms with Crippen LogP contribution in [0.2, 0.25) is 0 Å². The summed E-state index contributed by atoms with van der Waals surface area (Å²) < 4.78 is 1.72. The Kier molecular flexibility index (Phi) is 5.28. The Balaban J connectivity index is 1.88. The Morgan fingerprint density at radius 2 is 1.89 bits per heavy atom. The summed E-state index contributed by atoms with van der Waals surface area (Å²) in [5.74, 6) is 0.0733. The third-order valence-electron chi connectivity index (χ3n) is 4.74. The molecule has 2 heterocycles. The summed E-state index contributed by atoms with van der Waals surface area (Å²) in [5, 5.41) is 17.8. The highest BCUT2D eigenvalue weighted by Gasteiger charge is 2.19. The van der Waals surface area contributed by atoms with Gasteiger partial charge in [0.1, 0.15) is 0 Å². The van der Waals surface area contributed by atoms with E-state index in [1.807, 2.05) is 44.3 Å².